The van der Waals surface area contributed by atoms with Crippen LogP contribution in [0.1, 0.15) is 10.9 Å². The molecule has 16 heavy (non-hydrogen) atoms. The highest BCUT2D eigenvalue weighted by Gasteiger charge is 2.30. The lowest BCUT2D eigenvalue weighted by molar-refractivity contribution is -0.500. The first-order valence-corrected chi connectivity index (χ1v) is 5.21. The molecule has 0 aliphatic carbocycles. The molecule has 2 N–H and O–H groups in total. The number of aliphatic hydroxyl groups excluding tert-OH is 1. The number of aliphatic carboxylic acids is 1. The number of nitro groups is 1. The van der Waals surface area contributed by atoms with Crippen molar-refractivity contribution in [2.75, 3.05) is 0 Å². The predicted molar refractivity (Wildman–Crippen MR) is 57.4 cm³/mol. The number of carbonyl (C=O) groups is 1. The van der Waals surface area contributed by atoms with Gasteiger partial charge in [-0.3, -0.25) is 10.1 Å². The first kappa shape index (κ1) is 12.5. The van der Waals surface area contributed by atoms with Crippen LogP contribution in [0, 0.1) is 10.1 Å². The van der Waals surface area contributed by atoms with Gasteiger partial charge >= 0.3 is 5.97 Å². The molecule has 86 valence electrons. The molecule has 6 nitrogen and oxygen atoms in total. The Morgan fingerprint density at radius 3 is 2.38 bits per heavy atom. The van der Waals surface area contributed by atoms with Gasteiger partial charge in [0.1, 0.15) is 0 Å². The Morgan fingerprint density at radius 1 is 1.38 bits per heavy atom. The van der Waals surface area contributed by atoms with E-state index in [9.17, 15) is 14.9 Å². The first-order valence-electron chi connectivity index (χ1n) is 4.27. The van der Waals surface area contributed by atoms with Crippen LogP contribution in [0.15, 0.2) is 30.3 Å². The van der Waals surface area contributed by atoms with E-state index >= 15 is 0 Å². The van der Waals surface area contributed by atoms with Crippen LogP contribution in [-0.4, -0.2) is 26.5 Å². The number of aliphatic hydroxyl groups is 1. The zero-order valence-corrected chi connectivity index (χ0v) is 8.83. The van der Waals surface area contributed by atoms with Gasteiger partial charge in [0.05, 0.1) is 0 Å². The molecule has 0 saturated heterocycles. The SMILES string of the molecule is O=C(O)C(O)SC(c1ccccc1)[N+](=O)[O-]. The number of hydrogen-bond acceptors (Lipinski definition) is 5. The van der Waals surface area contributed by atoms with E-state index in [0.717, 1.165) is 0 Å². The Bertz CT molecular complexity index is 383. The highest BCUT2D eigenvalue weighted by molar-refractivity contribution is 8.00. The summed E-state index contributed by atoms with van der Waals surface area (Å²) in [5.74, 6) is -1.49. The minimum atomic E-state index is -1.81. The van der Waals surface area contributed by atoms with E-state index in [1.165, 1.54) is 12.1 Å². The molecule has 7 heteroatoms. The van der Waals surface area contributed by atoms with Gasteiger partial charge < -0.3 is 10.2 Å². The summed E-state index contributed by atoms with van der Waals surface area (Å²) in [6.45, 7) is 0. The van der Waals surface area contributed by atoms with Crippen molar-refractivity contribution in [1.82, 2.24) is 0 Å². The minimum Gasteiger partial charge on any atom is -0.479 e. The summed E-state index contributed by atoms with van der Waals surface area (Å²) >= 11 is 0.371. The van der Waals surface area contributed by atoms with Crippen LogP contribution in [0.4, 0.5) is 0 Å². The molecule has 0 heterocycles. The van der Waals surface area contributed by atoms with Gasteiger partial charge in [0, 0.05) is 10.5 Å². The van der Waals surface area contributed by atoms with E-state index in [1.54, 1.807) is 18.2 Å². The van der Waals surface area contributed by atoms with Crippen LogP contribution in [-0.2, 0) is 4.79 Å². The molecule has 0 aliphatic rings. The lowest BCUT2D eigenvalue weighted by atomic mass is 10.2. The van der Waals surface area contributed by atoms with Crippen molar-refractivity contribution < 1.29 is 19.9 Å². The highest BCUT2D eigenvalue weighted by Crippen LogP contribution is 2.31. The molecule has 0 amide bonds. The Kier molecular flexibility index (Phi) is 4.27. The average Bonchev–Trinajstić information content (AvgIpc) is 2.26. The molecular formula is C9H9NO5S. The fraction of sp³-hybridized carbons (Fsp3) is 0.222. The Labute approximate surface area is 95.1 Å². The molecule has 1 aromatic carbocycles. The Morgan fingerprint density at radius 2 is 1.94 bits per heavy atom. The number of carboxylic acids is 1. The molecule has 0 aromatic heterocycles. The van der Waals surface area contributed by atoms with Crippen LogP contribution in [0.5, 0.6) is 0 Å². The second kappa shape index (κ2) is 5.47. The summed E-state index contributed by atoms with van der Waals surface area (Å²) in [6.07, 6.45) is 0. The van der Waals surface area contributed by atoms with Crippen molar-refractivity contribution in [3.05, 3.63) is 46.0 Å². The zero-order chi connectivity index (χ0) is 12.1. The van der Waals surface area contributed by atoms with Crippen LogP contribution in [0.2, 0.25) is 0 Å². The summed E-state index contributed by atoms with van der Waals surface area (Å²) in [5.41, 5.74) is -1.46. The molecule has 2 atom stereocenters. The number of carboxylic acid groups (broad SMARTS) is 1. The van der Waals surface area contributed by atoms with Crippen molar-refractivity contribution in [3.8, 4) is 0 Å². The van der Waals surface area contributed by atoms with Crippen molar-refractivity contribution in [3.63, 3.8) is 0 Å². The van der Waals surface area contributed by atoms with E-state index in [0.29, 0.717) is 17.3 Å². The average molecular weight is 243 g/mol. The normalized spacial score (nSPS) is 14.1. The van der Waals surface area contributed by atoms with Gasteiger partial charge in [-0.2, -0.15) is 0 Å². The van der Waals surface area contributed by atoms with Crippen LogP contribution in [0.3, 0.4) is 0 Å². The Balaban J connectivity index is 2.85. The van der Waals surface area contributed by atoms with Crippen LogP contribution >= 0.6 is 11.8 Å². The molecule has 2 unspecified atom stereocenters. The number of nitrogens with zero attached hydrogens (tertiary/aromatic N) is 1. The zero-order valence-electron chi connectivity index (χ0n) is 8.02. The fourth-order valence-electron chi connectivity index (χ4n) is 1.05. The summed E-state index contributed by atoms with van der Waals surface area (Å²) in [6, 6.07) is 7.93. The predicted octanol–water partition coefficient (Wildman–Crippen LogP) is 1.10. The molecule has 0 bridgehead atoms. The fourth-order valence-corrected chi connectivity index (χ4v) is 1.82. The van der Waals surface area contributed by atoms with E-state index in [2.05, 4.69) is 0 Å². The third kappa shape index (κ3) is 3.21. The molecule has 0 fully saturated rings. The molecule has 1 rings (SSSR count). The van der Waals surface area contributed by atoms with Crippen LogP contribution < -0.4 is 0 Å². The van der Waals surface area contributed by atoms with Gasteiger partial charge in [-0.1, -0.05) is 30.3 Å². The lowest BCUT2D eigenvalue weighted by Gasteiger charge is -2.10. The second-order valence-corrected chi connectivity index (χ2v) is 4.04. The summed E-state index contributed by atoms with van der Waals surface area (Å²) in [4.78, 5) is 20.5. The topological polar surface area (TPSA) is 101 Å². The quantitative estimate of drug-likeness (QED) is 0.456. The third-order valence-corrected chi connectivity index (χ3v) is 2.91. The van der Waals surface area contributed by atoms with Gasteiger partial charge in [-0.05, 0) is 11.8 Å². The molecule has 0 aliphatic heterocycles. The highest BCUT2D eigenvalue weighted by atomic mass is 32.2. The number of hydrogen-bond donors (Lipinski definition) is 2. The van der Waals surface area contributed by atoms with Gasteiger partial charge in [0.2, 0.25) is 5.44 Å². The van der Waals surface area contributed by atoms with Gasteiger partial charge in [-0.15, -0.1) is 0 Å². The third-order valence-electron chi connectivity index (χ3n) is 1.75. The number of rotatable bonds is 5. The summed E-state index contributed by atoms with van der Waals surface area (Å²) in [5, 5.41) is 27.0. The van der Waals surface area contributed by atoms with Crippen molar-refractivity contribution in [2.24, 2.45) is 0 Å². The van der Waals surface area contributed by atoms with Gasteiger partial charge in [0.15, 0.2) is 0 Å². The van der Waals surface area contributed by atoms with Gasteiger partial charge in [-0.25, -0.2) is 4.79 Å². The largest absolute Gasteiger partial charge is 0.479 e. The van der Waals surface area contributed by atoms with E-state index in [1.807, 2.05) is 0 Å². The Hall–Kier alpha value is -1.60. The molecule has 0 spiro atoms. The molecule has 0 saturated carbocycles. The van der Waals surface area contributed by atoms with E-state index in [4.69, 9.17) is 10.2 Å². The van der Waals surface area contributed by atoms with E-state index in [-0.39, 0.29) is 0 Å². The van der Waals surface area contributed by atoms with Crippen LogP contribution in [0.25, 0.3) is 0 Å². The maximum absolute atomic E-state index is 10.7. The number of thioether (sulfide) groups is 1. The second-order valence-electron chi connectivity index (χ2n) is 2.88. The lowest BCUT2D eigenvalue weighted by Crippen LogP contribution is -2.19. The standard InChI is InChI=1S/C9H9NO5S/c11-8(12)9(13)16-7(10(14)15)6-4-2-1-3-5-6/h1-5,7,9,13H,(H,11,12). The minimum absolute atomic E-state index is 0.345. The molecule has 0 radical (unpaired) electrons. The summed E-state index contributed by atoms with van der Waals surface area (Å²) < 4.78 is 0. The van der Waals surface area contributed by atoms with Crippen molar-refractivity contribution in [2.45, 2.75) is 10.8 Å². The summed E-state index contributed by atoms with van der Waals surface area (Å²) in [7, 11) is 0. The molecule has 1 aromatic rings. The maximum Gasteiger partial charge on any atom is 0.343 e. The monoisotopic (exact) mass is 243 g/mol. The maximum atomic E-state index is 10.7. The first-order chi connectivity index (χ1) is 7.52. The molecular weight excluding hydrogens is 234 g/mol. The van der Waals surface area contributed by atoms with E-state index < -0.39 is 21.7 Å². The number of benzene rings is 1. The smallest absolute Gasteiger partial charge is 0.343 e. The van der Waals surface area contributed by atoms with Crippen molar-refractivity contribution >= 4 is 17.7 Å². The van der Waals surface area contributed by atoms with Gasteiger partial charge in [0.25, 0.3) is 5.37 Å². The van der Waals surface area contributed by atoms with Crippen molar-refractivity contribution in [1.29, 1.82) is 0 Å².